The van der Waals surface area contributed by atoms with E-state index in [0.29, 0.717) is 6.42 Å². The number of ether oxygens (including phenoxy) is 1. The Kier molecular flexibility index (Phi) is 4.00. The van der Waals surface area contributed by atoms with Crippen molar-refractivity contribution in [1.82, 2.24) is 0 Å². The van der Waals surface area contributed by atoms with E-state index in [1.165, 1.54) is 7.11 Å². The molecule has 2 nitrogen and oxygen atoms in total. The first kappa shape index (κ1) is 13.3. The van der Waals surface area contributed by atoms with Gasteiger partial charge >= 0.3 is 5.97 Å². The number of hydrogen-bond acceptors (Lipinski definition) is 2. The van der Waals surface area contributed by atoms with Gasteiger partial charge in [0.05, 0.1) is 12.5 Å². The normalized spacial score (nSPS) is 13.6. The van der Waals surface area contributed by atoms with Crippen molar-refractivity contribution >= 4 is 5.97 Å². The van der Waals surface area contributed by atoms with Crippen molar-refractivity contribution in [2.24, 2.45) is 0 Å². The maximum Gasteiger partial charge on any atom is 0.316 e. The topological polar surface area (TPSA) is 26.3 Å². The van der Waals surface area contributed by atoms with Crippen molar-refractivity contribution in [3.05, 3.63) is 71.8 Å². The Hall–Kier alpha value is -2.09. The van der Waals surface area contributed by atoms with Crippen LogP contribution in [-0.4, -0.2) is 13.1 Å². The lowest BCUT2D eigenvalue weighted by atomic mass is 9.77. The van der Waals surface area contributed by atoms with E-state index in [2.05, 4.69) is 0 Å². The van der Waals surface area contributed by atoms with E-state index in [1.54, 1.807) is 0 Å². The van der Waals surface area contributed by atoms with E-state index in [-0.39, 0.29) is 5.97 Å². The number of carbonyl (C=O) groups is 1. The van der Waals surface area contributed by atoms with Crippen molar-refractivity contribution in [2.75, 3.05) is 7.11 Å². The molecule has 0 aromatic heterocycles. The average Bonchev–Trinajstić information content (AvgIpc) is 2.48. The number of hydrogen-bond donors (Lipinski definition) is 0. The third-order valence-corrected chi connectivity index (χ3v) is 3.45. The molecular weight excluding hydrogens is 236 g/mol. The summed E-state index contributed by atoms with van der Waals surface area (Å²) in [6, 6.07) is 19.8. The van der Waals surface area contributed by atoms with Crippen molar-refractivity contribution in [3.63, 3.8) is 0 Å². The van der Waals surface area contributed by atoms with Crippen LogP contribution in [0.1, 0.15) is 18.1 Å². The van der Waals surface area contributed by atoms with Crippen LogP contribution in [0.3, 0.4) is 0 Å². The van der Waals surface area contributed by atoms with Gasteiger partial charge in [0.1, 0.15) is 0 Å². The first-order valence-corrected chi connectivity index (χ1v) is 6.34. The summed E-state index contributed by atoms with van der Waals surface area (Å²) >= 11 is 0. The van der Waals surface area contributed by atoms with E-state index in [0.717, 1.165) is 11.1 Å². The minimum absolute atomic E-state index is 0.206. The van der Waals surface area contributed by atoms with E-state index < -0.39 is 5.41 Å². The van der Waals surface area contributed by atoms with Crippen LogP contribution < -0.4 is 0 Å². The van der Waals surface area contributed by atoms with Crippen LogP contribution in [0.15, 0.2) is 60.7 Å². The van der Waals surface area contributed by atoms with Gasteiger partial charge in [-0.1, -0.05) is 60.7 Å². The van der Waals surface area contributed by atoms with E-state index >= 15 is 0 Å². The lowest BCUT2D eigenvalue weighted by Gasteiger charge is -2.27. The van der Waals surface area contributed by atoms with Crippen LogP contribution in [0.4, 0.5) is 0 Å². The van der Waals surface area contributed by atoms with Crippen LogP contribution in [0.5, 0.6) is 0 Å². The number of rotatable bonds is 4. The summed E-state index contributed by atoms with van der Waals surface area (Å²) in [7, 11) is 1.44. The third kappa shape index (κ3) is 2.84. The highest BCUT2D eigenvalue weighted by Crippen LogP contribution is 2.29. The molecule has 0 N–H and O–H groups in total. The number of benzene rings is 2. The second-order valence-electron chi connectivity index (χ2n) is 4.85. The molecule has 0 amide bonds. The minimum Gasteiger partial charge on any atom is -0.468 e. The fourth-order valence-corrected chi connectivity index (χ4v) is 2.33. The molecule has 0 fully saturated rings. The molecule has 2 heteroatoms. The van der Waals surface area contributed by atoms with E-state index in [9.17, 15) is 4.79 Å². The lowest BCUT2D eigenvalue weighted by molar-refractivity contribution is -0.146. The number of carbonyl (C=O) groups excluding carboxylic acids is 1. The van der Waals surface area contributed by atoms with Crippen molar-refractivity contribution < 1.29 is 9.53 Å². The van der Waals surface area contributed by atoms with Crippen LogP contribution in [0.25, 0.3) is 0 Å². The highest BCUT2D eigenvalue weighted by atomic mass is 16.5. The Bertz CT molecular complexity index is 534. The summed E-state index contributed by atoms with van der Waals surface area (Å²) in [6.45, 7) is 1.93. The fraction of sp³-hybridized carbons (Fsp3) is 0.235. The van der Waals surface area contributed by atoms with Crippen LogP contribution >= 0.6 is 0 Å². The molecule has 0 bridgehead atoms. The van der Waals surface area contributed by atoms with Gasteiger partial charge in [0.2, 0.25) is 0 Å². The Morgan fingerprint density at radius 2 is 1.53 bits per heavy atom. The SMILES string of the molecule is COC(=O)[C@@](C)(Cc1ccccc1)c1ccccc1. The number of esters is 1. The first-order chi connectivity index (χ1) is 9.16. The molecule has 0 aliphatic rings. The highest BCUT2D eigenvalue weighted by molar-refractivity contribution is 5.83. The van der Waals surface area contributed by atoms with Gasteiger partial charge in [-0.2, -0.15) is 0 Å². The predicted octanol–water partition coefficient (Wildman–Crippen LogP) is 3.36. The van der Waals surface area contributed by atoms with Crippen molar-refractivity contribution in [1.29, 1.82) is 0 Å². The molecule has 0 spiro atoms. The minimum atomic E-state index is -0.655. The molecule has 0 aliphatic heterocycles. The molecule has 2 rings (SSSR count). The monoisotopic (exact) mass is 254 g/mol. The molecule has 2 aromatic rings. The maximum atomic E-state index is 12.2. The molecule has 0 saturated carbocycles. The molecule has 2 aromatic carbocycles. The van der Waals surface area contributed by atoms with Crippen molar-refractivity contribution in [2.45, 2.75) is 18.8 Å². The van der Waals surface area contributed by atoms with E-state index in [1.807, 2.05) is 67.6 Å². The van der Waals surface area contributed by atoms with E-state index in [4.69, 9.17) is 4.74 Å². The Labute approximate surface area is 114 Å². The van der Waals surface area contributed by atoms with Gasteiger partial charge in [0.25, 0.3) is 0 Å². The smallest absolute Gasteiger partial charge is 0.316 e. The largest absolute Gasteiger partial charge is 0.468 e. The molecule has 1 atom stereocenters. The van der Waals surface area contributed by atoms with Crippen LogP contribution in [0, 0.1) is 0 Å². The zero-order valence-electron chi connectivity index (χ0n) is 11.3. The molecule has 0 heterocycles. The van der Waals surface area contributed by atoms with Gasteiger partial charge in [-0.05, 0) is 24.5 Å². The summed E-state index contributed by atoms with van der Waals surface area (Å²) in [4.78, 5) is 12.2. The molecular formula is C17H18O2. The first-order valence-electron chi connectivity index (χ1n) is 6.34. The summed E-state index contributed by atoms with van der Waals surface area (Å²) in [5, 5.41) is 0. The van der Waals surface area contributed by atoms with Crippen molar-refractivity contribution in [3.8, 4) is 0 Å². The fourth-order valence-electron chi connectivity index (χ4n) is 2.33. The van der Waals surface area contributed by atoms with Gasteiger partial charge < -0.3 is 4.74 Å². The van der Waals surface area contributed by atoms with Crippen LogP contribution in [-0.2, 0) is 21.4 Å². The second-order valence-corrected chi connectivity index (χ2v) is 4.85. The third-order valence-electron chi connectivity index (χ3n) is 3.45. The van der Waals surface area contributed by atoms with Gasteiger partial charge in [-0.3, -0.25) is 4.79 Å². The standard InChI is InChI=1S/C17H18O2/c1-17(16(18)19-2,15-11-7-4-8-12-15)13-14-9-5-3-6-10-14/h3-12H,13H2,1-2H3/t17-/m0/s1. The molecule has 0 unspecified atom stereocenters. The summed E-state index contributed by atoms with van der Waals surface area (Å²) in [5.74, 6) is -0.206. The molecule has 98 valence electrons. The predicted molar refractivity (Wildman–Crippen MR) is 76.0 cm³/mol. The molecule has 0 aliphatic carbocycles. The van der Waals surface area contributed by atoms with Gasteiger partial charge in [0.15, 0.2) is 0 Å². The van der Waals surface area contributed by atoms with Gasteiger partial charge in [-0.15, -0.1) is 0 Å². The van der Waals surface area contributed by atoms with Gasteiger partial charge in [0, 0.05) is 0 Å². The summed E-state index contributed by atoms with van der Waals surface area (Å²) in [6.07, 6.45) is 0.629. The zero-order valence-corrected chi connectivity index (χ0v) is 11.3. The Balaban J connectivity index is 2.39. The highest BCUT2D eigenvalue weighted by Gasteiger charge is 2.36. The lowest BCUT2D eigenvalue weighted by Crippen LogP contribution is -2.36. The Morgan fingerprint density at radius 1 is 1.00 bits per heavy atom. The average molecular weight is 254 g/mol. The summed E-state index contributed by atoms with van der Waals surface area (Å²) in [5.41, 5.74) is 1.45. The summed E-state index contributed by atoms with van der Waals surface area (Å²) < 4.78 is 5.00. The molecule has 0 saturated heterocycles. The number of methoxy groups -OCH3 is 1. The van der Waals surface area contributed by atoms with Gasteiger partial charge in [-0.25, -0.2) is 0 Å². The maximum absolute atomic E-state index is 12.2. The van der Waals surface area contributed by atoms with Crippen LogP contribution in [0.2, 0.25) is 0 Å². The quantitative estimate of drug-likeness (QED) is 0.782. The molecule has 19 heavy (non-hydrogen) atoms. The Morgan fingerprint density at radius 3 is 2.05 bits per heavy atom. The zero-order chi connectivity index (χ0) is 13.7. The molecule has 0 radical (unpaired) electrons. The second kappa shape index (κ2) is 5.70.